The number of carboxylic acid groups (broad SMARTS) is 1. The van der Waals surface area contributed by atoms with Crippen LogP contribution in [0, 0.1) is 0 Å². The van der Waals surface area contributed by atoms with E-state index >= 15 is 0 Å². The molecule has 2 rings (SSSR count). The number of carboxylic acids is 1. The van der Waals surface area contributed by atoms with Gasteiger partial charge < -0.3 is 9.84 Å². The van der Waals surface area contributed by atoms with E-state index in [0.717, 1.165) is 5.56 Å². The zero-order chi connectivity index (χ0) is 16.9. The molecule has 122 valence electrons. The molecule has 2 aromatic rings. The highest BCUT2D eigenvalue weighted by atomic mass is 32.2. The van der Waals surface area contributed by atoms with Gasteiger partial charge in [-0.25, -0.2) is 17.9 Å². The van der Waals surface area contributed by atoms with Gasteiger partial charge in [-0.15, -0.1) is 0 Å². The number of para-hydroxylation sites is 1. The third-order valence-corrected chi connectivity index (χ3v) is 4.77. The molecular weight excluding hydrogens is 318 g/mol. The second kappa shape index (κ2) is 7.26. The number of sulfonamides is 1. The molecule has 0 aliphatic rings. The number of benzene rings is 2. The average Bonchev–Trinajstić information content (AvgIpc) is 2.55. The molecule has 23 heavy (non-hydrogen) atoms. The lowest BCUT2D eigenvalue weighted by atomic mass is 10.1. The van der Waals surface area contributed by atoms with Gasteiger partial charge in [-0.1, -0.05) is 18.2 Å². The summed E-state index contributed by atoms with van der Waals surface area (Å²) in [7, 11) is -2.11. The summed E-state index contributed by atoms with van der Waals surface area (Å²) in [6.45, 7) is 0.212. The van der Waals surface area contributed by atoms with Crippen molar-refractivity contribution < 1.29 is 23.1 Å². The Balaban J connectivity index is 2.02. The van der Waals surface area contributed by atoms with Gasteiger partial charge >= 0.3 is 5.97 Å². The Morgan fingerprint density at radius 3 is 2.39 bits per heavy atom. The molecule has 6 nitrogen and oxygen atoms in total. The molecular formula is C16H17NO5S. The third kappa shape index (κ3) is 4.30. The molecule has 0 aliphatic carbocycles. The molecule has 0 aliphatic heterocycles. The molecule has 0 aromatic heterocycles. The highest BCUT2D eigenvalue weighted by molar-refractivity contribution is 7.89. The molecule has 0 bridgehead atoms. The second-order valence-corrected chi connectivity index (χ2v) is 6.56. The van der Waals surface area contributed by atoms with E-state index in [9.17, 15) is 13.2 Å². The molecule has 2 aromatic carbocycles. The quantitative estimate of drug-likeness (QED) is 0.806. The van der Waals surface area contributed by atoms with Crippen LogP contribution in [-0.4, -0.2) is 33.1 Å². The van der Waals surface area contributed by atoms with Crippen molar-refractivity contribution in [3.63, 3.8) is 0 Å². The highest BCUT2D eigenvalue weighted by Gasteiger charge is 2.14. The van der Waals surface area contributed by atoms with Crippen molar-refractivity contribution in [2.45, 2.75) is 11.3 Å². The van der Waals surface area contributed by atoms with Gasteiger partial charge in [0.1, 0.15) is 5.75 Å². The van der Waals surface area contributed by atoms with Crippen LogP contribution in [0.4, 0.5) is 0 Å². The predicted molar refractivity (Wildman–Crippen MR) is 85.3 cm³/mol. The average molecular weight is 335 g/mol. The molecule has 0 heterocycles. The van der Waals surface area contributed by atoms with E-state index < -0.39 is 16.0 Å². The van der Waals surface area contributed by atoms with E-state index in [1.165, 1.54) is 24.3 Å². The van der Waals surface area contributed by atoms with Crippen molar-refractivity contribution in [2.75, 3.05) is 13.7 Å². The van der Waals surface area contributed by atoms with Gasteiger partial charge in [0.15, 0.2) is 0 Å². The Bertz CT molecular complexity index is 784. The first kappa shape index (κ1) is 17.0. The zero-order valence-electron chi connectivity index (χ0n) is 12.5. The minimum Gasteiger partial charge on any atom is -0.496 e. The van der Waals surface area contributed by atoms with E-state index in [-0.39, 0.29) is 17.0 Å². The summed E-state index contributed by atoms with van der Waals surface area (Å²) in [5.74, 6) is -0.393. The van der Waals surface area contributed by atoms with Crippen molar-refractivity contribution in [3.05, 3.63) is 59.7 Å². The Morgan fingerprint density at radius 1 is 1.13 bits per heavy atom. The third-order valence-electron chi connectivity index (χ3n) is 3.29. The lowest BCUT2D eigenvalue weighted by Gasteiger charge is -2.10. The van der Waals surface area contributed by atoms with Crippen molar-refractivity contribution in [1.82, 2.24) is 4.72 Å². The minimum atomic E-state index is -3.68. The Hall–Kier alpha value is -2.38. The van der Waals surface area contributed by atoms with Gasteiger partial charge in [-0.2, -0.15) is 0 Å². The van der Waals surface area contributed by atoms with Crippen LogP contribution in [0.2, 0.25) is 0 Å². The first-order valence-electron chi connectivity index (χ1n) is 6.89. The van der Waals surface area contributed by atoms with Crippen LogP contribution in [0.1, 0.15) is 15.9 Å². The number of nitrogens with one attached hydrogen (secondary N) is 1. The summed E-state index contributed by atoms with van der Waals surface area (Å²) >= 11 is 0. The fraction of sp³-hybridized carbons (Fsp3) is 0.188. The van der Waals surface area contributed by atoms with Gasteiger partial charge in [0.2, 0.25) is 10.0 Å². The van der Waals surface area contributed by atoms with E-state index in [4.69, 9.17) is 9.84 Å². The summed E-state index contributed by atoms with van der Waals surface area (Å²) in [4.78, 5) is 10.8. The number of aromatic carboxylic acids is 1. The summed E-state index contributed by atoms with van der Waals surface area (Å²) in [5, 5.41) is 8.82. The number of ether oxygens (including phenoxy) is 1. The molecule has 0 fully saturated rings. The van der Waals surface area contributed by atoms with E-state index in [1.54, 1.807) is 7.11 Å². The molecule has 0 atom stereocenters. The maximum absolute atomic E-state index is 12.2. The number of methoxy groups -OCH3 is 1. The van der Waals surface area contributed by atoms with Gasteiger partial charge in [0, 0.05) is 6.54 Å². The lowest BCUT2D eigenvalue weighted by Crippen LogP contribution is -2.26. The van der Waals surface area contributed by atoms with Crippen LogP contribution in [-0.2, 0) is 16.4 Å². The molecule has 2 N–H and O–H groups in total. The van der Waals surface area contributed by atoms with Crippen LogP contribution < -0.4 is 9.46 Å². The van der Waals surface area contributed by atoms with Crippen LogP contribution in [0.5, 0.6) is 5.75 Å². The summed E-state index contributed by atoms with van der Waals surface area (Å²) in [6, 6.07) is 12.5. The van der Waals surface area contributed by atoms with Crippen molar-refractivity contribution in [1.29, 1.82) is 0 Å². The van der Waals surface area contributed by atoms with Gasteiger partial charge in [-0.3, -0.25) is 0 Å². The number of hydrogen-bond acceptors (Lipinski definition) is 4. The summed E-state index contributed by atoms with van der Waals surface area (Å²) < 4.78 is 32.0. The Kier molecular flexibility index (Phi) is 5.36. The lowest BCUT2D eigenvalue weighted by molar-refractivity contribution is 0.0696. The maximum atomic E-state index is 12.2. The topological polar surface area (TPSA) is 92.7 Å². The van der Waals surface area contributed by atoms with Gasteiger partial charge in [-0.05, 0) is 42.3 Å². The maximum Gasteiger partial charge on any atom is 0.335 e. The molecule has 0 radical (unpaired) electrons. The minimum absolute atomic E-state index is 0.0301. The van der Waals surface area contributed by atoms with Crippen LogP contribution in [0.25, 0.3) is 0 Å². The largest absolute Gasteiger partial charge is 0.496 e. The first-order chi connectivity index (χ1) is 10.9. The molecule has 7 heteroatoms. The van der Waals surface area contributed by atoms with E-state index in [1.807, 2.05) is 24.3 Å². The second-order valence-electron chi connectivity index (χ2n) is 4.79. The Morgan fingerprint density at radius 2 is 1.78 bits per heavy atom. The monoisotopic (exact) mass is 335 g/mol. The molecule has 0 spiro atoms. The zero-order valence-corrected chi connectivity index (χ0v) is 13.3. The van der Waals surface area contributed by atoms with Crippen molar-refractivity contribution >= 4 is 16.0 Å². The van der Waals surface area contributed by atoms with Crippen molar-refractivity contribution in [3.8, 4) is 5.75 Å². The fourth-order valence-electron chi connectivity index (χ4n) is 2.09. The number of hydrogen-bond donors (Lipinski definition) is 2. The normalized spacial score (nSPS) is 11.2. The van der Waals surface area contributed by atoms with Crippen LogP contribution in [0.3, 0.4) is 0 Å². The van der Waals surface area contributed by atoms with Crippen molar-refractivity contribution in [2.24, 2.45) is 0 Å². The van der Waals surface area contributed by atoms with Crippen LogP contribution >= 0.6 is 0 Å². The molecule has 0 amide bonds. The van der Waals surface area contributed by atoms with E-state index in [0.29, 0.717) is 12.2 Å². The number of rotatable bonds is 7. The fourth-order valence-corrected chi connectivity index (χ4v) is 3.12. The summed E-state index contributed by atoms with van der Waals surface area (Å²) in [6.07, 6.45) is 0.483. The smallest absolute Gasteiger partial charge is 0.335 e. The highest BCUT2D eigenvalue weighted by Crippen LogP contribution is 2.17. The molecule has 0 saturated carbocycles. The number of carbonyl (C=O) groups is 1. The molecule has 0 unspecified atom stereocenters. The summed E-state index contributed by atoms with van der Waals surface area (Å²) in [5.41, 5.74) is 0.942. The molecule has 0 saturated heterocycles. The first-order valence-corrected chi connectivity index (χ1v) is 8.37. The Labute approximate surface area is 134 Å². The van der Waals surface area contributed by atoms with Gasteiger partial charge in [0.05, 0.1) is 17.6 Å². The van der Waals surface area contributed by atoms with E-state index in [2.05, 4.69) is 4.72 Å². The van der Waals surface area contributed by atoms with Gasteiger partial charge in [0.25, 0.3) is 0 Å². The van der Waals surface area contributed by atoms with Crippen LogP contribution in [0.15, 0.2) is 53.4 Å². The standard InChI is InChI=1S/C16H17NO5S/c1-22-15-5-3-2-4-12(15)10-11-17-23(20,21)14-8-6-13(7-9-14)16(18)19/h2-9,17H,10-11H2,1H3,(H,18,19). The predicted octanol–water partition coefficient (Wildman–Crippen LogP) is 1.91. The SMILES string of the molecule is COc1ccccc1CCNS(=O)(=O)c1ccc(C(=O)O)cc1.